The number of rotatable bonds is 3. The number of aromatic nitrogens is 1. The van der Waals surface area contributed by atoms with Crippen LogP contribution in [-0.4, -0.2) is 16.1 Å². The SMILES string of the molecule is CCc1nc(-c2ccccc2C)sc1C(=O)O. The molecule has 0 saturated carbocycles. The summed E-state index contributed by atoms with van der Waals surface area (Å²) in [6, 6.07) is 7.88. The summed E-state index contributed by atoms with van der Waals surface area (Å²) in [5, 5.41) is 9.89. The van der Waals surface area contributed by atoms with Crippen LogP contribution in [-0.2, 0) is 6.42 Å². The van der Waals surface area contributed by atoms with Crippen LogP contribution in [0.25, 0.3) is 10.6 Å². The van der Waals surface area contributed by atoms with Gasteiger partial charge in [-0.05, 0) is 18.9 Å². The largest absolute Gasteiger partial charge is 0.477 e. The van der Waals surface area contributed by atoms with Gasteiger partial charge in [-0.1, -0.05) is 31.2 Å². The number of hydrogen-bond acceptors (Lipinski definition) is 3. The summed E-state index contributed by atoms with van der Waals surface area (Å²) in [4.78, 5) is 15.9. The lowest BCUT2D eigenvalue weighted by Gasteiger charge is -1.99. The number of aromatic carboxylic acids is 1. The summed E-state index contributed by atoms with van der Waals surface area (Å²) >= 11 is 1.25. The molecule has 1 aromatic heterocycles. The number of nitrogens with zero attached hydrogens (tertiary/aromatic N) is 1. The van der Waals surface area contributed by atoms with Crippen LogP contribution < -0.4 is 0 Å². The van der Waals surface area contributed by atoms with Crippen molar-refractivity contribution in [1.29, 1.82) is 0 Å². The molecule has 0 radical (unpaired) electrons. The van der Waals surface area contributed by atoms with Gasteiger partial charge in [0.2, 0.25) is 0 Å². The molecule has 17 heavy (non-hydrogen) atoms. The van der Waals surface area contributed by atoms with Gasteiger partial charge in [0.05, 0.1) is 5.69 Å². The monoisotopic (exact) mass is 247 g/mol. The Bertz CT molecular complexity index is 560. The Hall–Kier alpha value is -1.68. The highest BCUT2D eigenvalue weighted by Crippen LogP contribution is 2.30. The van der Waals surface area contributed by atoms with Crippen molar-refractivity contribution in [3.05, 3.63) is 40.4 Å². The van der Waals surface area contributed by atoms with Gasteiger partial charge >= 0.3 is 5.97 Å². The van der Waals surface area contributed by atoms with Crippen molar-refractivity contribution in [2.75, 3.05) is 0 Å². The molecule has 0 aliphatic rings. The molecule has 1 N–H and O–H groups in total. The van der Waals surface area contributed by atoms with Crippen LogP contribution in [0.5, 0.6) is 0 Å². The molecule has 3 nitrogen and oxygen atoms in total. The van der Waals surface area contributed by atoms with Crippen molar-refractivity contribution in [2.24, 2.45) is 0 Å². The topological polar surface area (TPSA) is 50.2 Å². The zero-order valence-corrected chi connectivity index (χ0v) is 10.5. The summed E-state index contributed by atoms with van der Waals surface area (Å²) in [7, 11) is 0. The fourth-order valence-corrected chi connectivity index (χ4v) is 2.77. The summed E-state index contributed by atoms with van der Waals surface area (Å²) in [6.45, 7) is 3.92. The normalized spacial score (nSPS) is 10.5. The van der Waals surface area contributed by atoms with Gasteiger partial charge in [0.25, 0.3) is 0 Å². The van der Waals surface area contributed by atoms with E-state index in [0.717, 1.165) is 16.1 Å². The minimum absolute atomic E-state index is 0.353. The number of thiazole rings is 1. The minimum Gasteiger partial charge on any atom is -0.477 e. The number of hydrogen-bond donors (Lipinski definition) is 1. The van der Waals surface area contributed by atoms with Crippen LogP contribution in [0, 0.1) is 6.92 Å². The Balaban J connectivity index is 2.54. The summed E-state index contributed by atoms with van der Waals surface area (Å²) < 4.78 is 0. The maximum absolute atomic E-state index is 11.1. The number of benzene rings is 1. The molecule has 0 aliphatic heterocycles. The maximum Gasteiger partial charge on any atom is 0.347 e. The number of carboxylic acids is 1. The second-order valence-corrected chi connectivity index (χ2v) is 4.77. The van der Waals surface area contributed by atoms with Crippen LogP contribution >= 0.6 is 11.3 Å². The smallest absolute Gasteiger partial charge is 0.347 e. The van der Waals surface area contributed by atoms with Crippen LogP contribution in [0.4, 0.5) is 0 Å². The van der Waals surface area contributed by atoms with Crippen LogP contribution in [0.2, 0.25) is 0 Å². The van der Waals surface area contributed by atoms with E-state index >= 15 is 0 Å². The van der Waals surface area contributed by atoms with Crippen molar-refractivity contribution < 1.29 is 9.90 Å². The minimum atomic E-state index is -0.890. The van der Waals surface area contributed by atoms with Gasteiger partial charge in [-0.15, -0.1) is 11.3 Å². The molecule has 0 unspecified atom stereocenters. The van der Waals surface area contributed by atoms with E-state index in [1.807, 2.05) is 38.1 Å². The van der Waals surface area contributed by atoms with E-state index in [1.54, 1.807) is 0 Å². The fourth-order valence-electron chi connectivity index (χ4n) is 1.69. The second-order valence-electron chi connectivity index (χ2n) is 3.77. The lowest BCUT2D eigenvalue weighted by atomic mass is 10.1. The molecular formula is C13H13NO2S. The van der Waals surface area contributed by atoms with Gasteiger partial charge in [0, 0.05) is 5.56 Å². The van der Waals surface area contributed by atoms with Crippen molar-refractivity contribution >= 4 is 17.3 Å². The molecule has 0 fully saturated rings. The van der Waals surface area contributed by atoms with Gasteiger partial charge in [0.15, 0.2) is 0 Å². The molecule has 2 aromatic rings. The predicted octanol–water partition coefficient (Wildman–Crippen LogP) is 3.38. The highest BCUT2D eigenvalue weighted by molar-refractivity contribution is 7.17. The quantitative estimate of drug-likeness (QED) is 0.904. The third kappa shape index (κ3) is 2.22. The number of aryl methyl sites for hydroxylation is 2. The maximum atomic E-state index is 11.1. The molecular weight excluding hydrogens is 234 g/mol. The fraction of sp³-hybridized carbons (Fsp3) is 0.231. The van der Waals surface area contributed by atoms with Crippen molar-refractivity contribution in [1.82, 2.24) is 4.98 Å². The van der Waals surface area contributed by atoms with Crippen molar-refractivity contribution in [3.8, 4) is 10.6 Å². The van der Waals surface area contributed by atoms with Crippen LogP contribution in [0.3, 0.4) is 0 Å². The molecule has 0 spiro atoms. The van der Waals surface area contributed by atoms with Gasteiger partial charge in [-0.25, -0.2) is 9.78 Å². The van der Waals surface area contributed by atoms with Crippen LogP contribution in [0.1, 0.15) is 27.9 Å². The second kappa shape index (κ2) is 4.67. The Labute approximate surface area is 104 Å². The van der Waals surface area contributed by atoms with E-state index < -0.39 is 5.97 Å². The van der Waals surface area contributed by atoms with Crippen molar-refractivity contribution in [3.63, 3.8) is 0 Å². The first-order valence-electron chi connectivity index (χ1n) is 5.42. The molecule has 4 heteroatoms. The van der Waals surface area contributed by atoms with Gasteiger partial charge in [-0.3, -0.25) is 0 Å². The number of carboxylic acid groups (broad SMARTS) is 1. The average molecular weight is 247 g/mol. The molecule has 2 rings (SSSR count). The average Bonchev–Trinajstić information content (AvgIpc) is 2.73. The highest BCUT2D eigenvalue weighted by atomic mass is 32.1. The molecule has 1 heterocycles. The summed E-state index contributed by atoms with van der Waals surface area (Å²) in [5.74, 6) is -0.890. The molecule has 0 saturated heterocycles. The zero-order valence-electron chi connectivity index (χ0n) is 9.73. The third-order valence-electron chi connectivity index (χ3n) is 2.60. The van der Waals surface area contributed by atoms with Crippen molar-refractivity contribution in [2.45, 2.75) is 20.3 Å². The lowest BCUT2D eigenvalue weighted by Crippen LogP contribution is -1.97. The van der Waals surface area contributed by atoms with E-state index in [2.05, 4.69) is 4.98 Å². The molecule has 1 aromatic carbocycles. The summed E-state index contributed by atoms with van der Waals surface area (Å²) in [6.07, 6.45) is 0.643. The summed E-state index contributed by atoms with van der Waals surface area (Å²) in [5.41, 5.74) is 2.79. The first-order valence-corrected chi connectivity index (χ1v) is 6.24. The van der Waals surface area contributed by atoms with E-state index in [1.165, 1.54) is 11.3 Å². The number of carbonyl (C=O) groups is 1. The van der Waals surface area contributed by atoms with Gasteiger partial charge in [0.1, 0.15) is 9.88 Å². The Kier molecular flexibility index (Phi) is 3.24. The molecule has 0 aliphatic carbocycles. The molecule has 88 valence electrons. The zero-order chi connectivity index (χ0) is 12.4. The first-order chi connectivity index (χ1) is 8.13. The first kappa shape index (κ1) is 11.8. The van der Waals surface area contributed by atoms with E-state index in [4.69, 9.17) is 5.11 Å². The third-order valence-corrected chi connectivity index (χ3v) is 3.72. The standard InChI is InChI=1S/C13H13NO2S/c1-3-10-11(13(15)16)17-12(14-10)9-7-5-4-6-8(9)2/h4-7H,3H2,1-2H3,(H,15,16). The Morgan fingerprint density at radius 2 is 2.12 bits per heavy atom. The predicted molar refractivity (Wildman–Crippen MR) is 68.6 cm³/mol. The van der Waals surface area contributed by atoms with E-state index in [-0.39, 0.29) is 0 Å². The lowest BCUT2D eigenvalue weighted by molar-refractivity contribution is 0.0701. The Morgan fingerprint density at radius 1 is 1.41 bits per heavy atom. The van der Waals surface area contributed by atoms with Gasteiger partial charge in [-0.2, -0.15) is 0 Å². The highest BCUT2D eigenvalue weighted by Gasteiger charge is 2.17. The van der Waals surface area contributed by atoms with E-state index in [0.29, 0.717) is 17.0 Å². The molecule has 0 bridgehead atoms. The molecule has 0 amide bonds. The Morgan fingerprint density at radius 3 is 2.65 bits per heavy atom. The van der Waals surface area contributed by atoms with E-state index in [9.17, 15) is 4.79 Å². The van der Waals surface area contributed by atoms with Gasteiger partial charge < -0.3 is 5.11 Å². The van der Waals surface area contributed by atoms with Crippen LogP contribution in [0.15, 0.2) is 24.3 Å². The molecule has 0 atom stereocenters.